The molecule has 0 amide bonds. The van der Waals surface area contributed by atoms with Gasteiger partial charge in [0.15, 0.2) is 0 Å². The molecule has 70 valence electrons. The van der Waals surface area contributed by atoms with Crippen LogP contribution in [0.3, 0.4) is 0 Å². The van der Waals surface area contributed by atoms with Crippen LogP contribution in [0.5, 0.6) is 0 Å². The van der Waals surface area contributed by atoms with Crippen LogP contribution in [0.4, 0.5) is 0 Å². The molecular formula is C11H14S2. The molecule has 1 saturated heterocycles. The van der Waals surface area contributed by atoms with Gasteiger partial charge in [-0.1, -0.05) is 30.4 Å². The molecule has 0 aromatic heterocycles. The summed E-state index contributed by atoms with van der Waals surface area (Å²) in [5.41, 5.74) is 1.58. The van der Waals surface area contributed by atoms with E-state index in [0.29, 0.717) is 0 Å². The Morgan fingerprint density at radius 2 is 1.92 bits per heavy atom. The van der Waals surface area contributed by atoms with E-state index in [-0.39, 0.29) is 0 Å². The average molecular weight is 210 g/mol. The normalized spacial score (nSPS) is 24.2. The largest absolute Gasteiger partial charge is 0.143 e. The van der Waals surface area contributed by atoms with Gasteiger partial charge in [-0.15, -0.1) is 23.5 Å². The number of allylic oxidation sites excluding steroid dienone is 5. The molecule has 0 N–H and O–H groups in total. The Balaban J connectivity index is 2.01. The molecule has 1 aliphatic heterocycles. The molecule has 0 aromatic carbocycles. The highest BCUT2D eigenvalue weighted by molar-refractivity contribution is 8.17. The van der Waals surface area contributed by atoms with Crippen LogP contribution in [-0.2, 0) is 0 Å². The molecule has 1 fully saturated rings. The van der Waals surface area contributed by atoms with Crippen LogP contribution in [0.2, 0.25) is 0 Å². The fourth-order valence-corrected chi connectivity index (χ4v) is 4.44. The molecule has 0 nitrogen and oxygen atoms in total. The van der Waals surface area contributed by atoms with E-state index in [0.717, 1.165) is 11.0 Å². The summed E-state index contributed by atoms with van der Waals surface area (Å²) in [6, 6.07) is 0. The van der Waals surface area contributed by atoms with Gasteiger partial charge in [0, 0.05) is 0 Å². The van der Waals surface area contributed by atoms with Gasteiger partial charge in [0.2, 0.25) is 0 Å². The van der Waals surface area contributed by atoms with Crippen molar-refractivity contribution >= 4 is 23.5 Å². The van der Waals surface area contributed by atoms with E-state index >= 15 is 0 Å². The Labute approximate surface area is 88.6 Å². The van der Waals surface area contributed by atoms with Crippen molar-refractivity contribution < 1.29 is 0 Å². The summed E-state index contributed by atoms with van der Waals surface area (Å²) in [5, 5.41) is 0. The first-order chi connectivity index (χ1) is 6.47. The second-order valence-corrected chi connectivity index (χ2v) is 5.91. The minimum Gasteiger partial charge on any atom is -0.143 e. The molecule has 0 unspecified atom stereocenters. The number of hydrogen-bond acceptors (Lipinski definition) is 2. The second-order valence-electron chi connectivity index (χ2n) is 3.19. The van der Waals surface area contributed by atoms with E-state index < -0.39 is 0 Å². The molecule has 0 atom stereocenters. The fourth-order valence-electron chi connectivity index (χ4n) is 1.47. The first kappa shape index (κ1) is 9.47. The monoisotopic (exact) mass is 210 g/mol. The van der Waals surface area contributed by atoms with Crippen LogP contribution >= 0.6 is 23.5 Å². The minimum atomic E-state index is 0.723. The van der Waals surface area contributed by atoms with Crippen LogP contribution in [0.15, 0.2) is 36.0 Å². The molecular weight excluding hydrogens is 196 g/mol. The van der Waals surface area contributed by atoms with Crippen molar-refractivity contribution in [2.75, 3.05) is 11.5 Å². The van der Waals surface area contributed by atoms with Crippen LogP contribution in [0.1, 0.15) is 12.8 Å². The summed E-state index contributed by atoms with van der Waals surface area (Å²) in [5.74, 6) is 2.67. The average Bonchev–Trinajstić information content (AvgIpc) is 2.47. The van der Waals surface area contributed by atoms with E-state index in [9.17, 15) is 0 Å². The maximum Gasteiger partial charge on any atom is 0.0717 e. The Bertz CT molecular complexity index is 245. The van der Waals surface area contributed by atoms with Gasteiger partial charge in [0.1, 0.15) is 0 Å². The maximum atomic E-state index is 2.29. The van der Waals surface area contributed by atoms with E-state index in [4.69, 9.17) is 0 Å². The molecule has 0 spiro atoms. The fraction of sp³-hybridized carbons (Fsp3) is 0.455. The van der Waals surface area contributed by atoms with Crippen molar-refractivity contribution in [1.82, 2.24) is 0 Å². The lowest BCUT2D eigenvalue weighted by molar-refractivity contribution is 1.09. The Hall–Kier alpha value is -0.0800. The third-order valence-electron chi connectivity index (χ3n) is 2.15. The lowest BCUT2D eigenvalue weighted by atomic mass is 10.2. The maximum absolute atomic E-state index is 2.29. The number of rotatable bonds is 1. The van der Waals surface area contributed by atoms with Gasteiger partial charge in [-0.3, -0.25) is 0 Å². The minimum absolute atomic E-state index is 0.723. The topological polar surface area (TPSA) is 0 Å². The van der Waals surface area contributed by atoms with Gasteiger partial charge in [-0.25, -0.2) is 0 Å². The molecule has 0 radical (unpaired) electrons. The number of thioether (sulfide) groups is 2. The van der Waals surface area contributed by atoms with E-state index in [1.807, 2.05) is 0 Å². The quantitative estimate of drug-likeness (QED) is 0.648. The predicted molar refractivity (Wildman–Crippen MR) is 64.3 cm³/mol. The third-order valence-corrected chi connectivity index (χ3v) is 5.23. The molecule has 0 aromatic rings. The highest BCUT2D eigenvalue weighted by Crippen LogP contribution is 2.37. The van der Waals surface area contributed by atoms with Crippen molar-refractivity contribution in [3.8, 4) is 0 Å². The molecule has 0 saturated carbocycles. The van der Waals surface area contributed by atoms with Crippen molar-refractivity contribution in [3.63, 3.8) is 0 Å². The lowest BCUT2D eigenvalue weighted by Gasteiger charge is -2.22. The summed E-state index contributed by atoms with van der Waals surface area (Å²) in [7, 11) is 0. The Morgan fingerprint density at radius 1 is 1.08 bits per heavy atom. The van der Waals surface area contributed by atoms with Crippen LogP contribution in [0.25, 0.3) is 0 Å². The zero-order valence-corrected chi connectivity index (χ0v) is 9.24. The highest BCUT2D eigenvalue weighted by atomic mass is 32.2. The van der Waals surface area contributed by atoms with Gasteiger partial charge < -0.3 is 0 Å². The van der Waals surface area contributed by atoms with Gasteiger partial charge in [-0.2, -0.15) is 0 Å². The summed E-state index contributed by atoms with van der Waals surface area (Å²) in [6.07, 6.45) is 13.5. The van der Waals surface area contributed by atoms with Crippen LogP contribution < -0.4 is 0 Å². The zero-order valence-electron chi connectivity index (χ0n) is 7.61. The third kappa shape index (κ3) is 2.68. The van der Waals surface area contributed by atoms with Crippen LogP contribution in [-0.4, -0.2) is 16.1 Å². The molecule has 1 heterocycles. The van der Waals surface area contributed by atoms with Crippen molar-refractivity contribution in [2.24, 2.45) is 0 Å². The molecule has 13 heavy (non-hydrogen) atoms. The SMILES string of the molecule is C1=CC=C(C2SCCCS2)CC=C1. The van der Waals surface area contributed by atoms with E-state index in [1.54, 1.807) is 5.57 Å². The van der Waals surface area contributed by atoms with Crippen molar-refractivity contribution in [1.29, 1.82) is 0 Å². The van der Waals surface area contributed by atoms with Gasteiger partial charge in [-0.05, 0) is 29.9 Å². The van der Waals surface area contributed by atoms with E-state index in [1.165, 1.54) is 17.9 Å². The highest BCUT2D eigenvalue weighted by Gasteiger charge is 2.17. The smallest absolute Gasteiger partial charge is 0.0717 e. The summed E-state index contributed by atoms with van der Waals surface area (Å²) >= 11 is 4.21. The van der Waals surface area contributed by atoms with Crippen molar-refractivity contribution in [2.45, 2.75) is 17.4 Å². The molecule has 2 heteroatoms. The summed E-state index contributed by atoms with van der Waals surface area (Å²) in [4.78, 5) is 0. The Morgan fingerprint density at radius 3 is 2.77 bits per heavy atom. The first-order valence-corrected chi connectivity index (χ1v) is 6.82. The lowest BCUT2D eigenvalue weighted by Crippen LogP contribution is -2.09. The molecule has 1 aliphatic carbocycles. The molecule has 2 rings (SSSR count). The van der Waals surface area contributed by atoms with E-state index in [2.05, 4.69) is 53.9 Å². The predicted octanol–water partition coefficient (Wildman–Crippen LogP) is 3.63. The standard InChI is InChI=1S/C11H14S2/c1-2-4-7-10(6-3-1)11-12-8-5-9-13-11/h1-4,6,11H,5,7-9H2. The first-order valence-electron chi connectivity index (χ1n) is 4.72. The number of hydrogen-bond donors (Lipinski definition) is 0. The van der Waals surface area contributed by atoms with Crippen molar-refractivity contribution in [3.05, 3.63) is 36.0 Å². The summed E-state index contributed by atoms with van der Waals surface area (Å²) in [6.45, 7) is 0. The van der Waals surface area contributed by atoms with Crippen LogP contribution in [0, 0.1) is 0 Å². The second kappa shape index (κ2) is 4.97. The molecule has 0 bridgehead atoms. The zero-order chi connectivity index (χ0) is 8.93. The summed E-state index contributed by atoms with van der Waals surface area (Å²) < 4.78 is 0.723. The van der Waals surface area contributed by atoms with Gasteiger partial charge in [0.25, 0.3) is 0 Å². The Kier molecular flexibility index (Phi) is 3.62. The van der Waals surface area contributed by atoms with Gasteiger partial charge >= 0.3 is 0 Å². The molecule has 2 aliphatic rings. The van der Waals surface area contributed by atoms with Gasteiger partial charge in [0.05, 0.1) is 4.58 Å².